The second kappa shape index (κ2) is 8.95. The topological polar surface area (TPSA) is 6.48 Å². The molecule has 24 heavy (non-hydrogen) atoms. The van der Waals surface area contributed by atoms with E-state index in [0.29, 0.717) is 0 Å². The van der Waals surface area contributed by atoms with Crippen molar-refractivity contribution in [2.75, 3.05) is 33.2 Å². The van der Waals surface area contributed by atoms with Crippen LogP contribution in [0.25, 0.3) is 0 Å². The van der Waals surface area contributed by atoms with Gasteiger partial charge in [0, 0.05) is 26.2 Å². The van der Waals surface area contributed by atoms with Crippen LogP contribution in [0.5, 0.6) is 0 Å². The standard InChI is InChI=1S/C19H23FN2.C2H6/c1-15-3-5-16(6-4-15)19(17-7-9-18(20)10-8-17)22-13-11-21(2)12-14-22;1-2/h3-10,19H,11-14H2,1-2H3;1-2H3. The molecule has 0 aliphatic carbocycles. The Labute approximate surface area is 145 Å². The van der Waals surface area contributed by atoms with Crippen molar-refractivity contribution in [3.05, 3.63) is 71.0 Å². The molecule has 1 saturated heterocycles. The van der Waals surface area contributed by atoms with Crippen molar-refractivity contribution in [2.24, 2.45) is 0 Å². The Hall–Kier alpha value is -1.71. The summed E-state index contributed by atoms with van der Waals surface area (Å²) < 4.78 is 13.3. The van der Waals surface area contributed by atoms with Gasteiger partial charge < -0.3 is 4.90 Å². The average molecular weight is 328 g/mol. The van der Waals surface area contributed by atoms with Crippen molar-refractivity contribution >= 4 is 0 Å². The van der Waals surface area contributed by atoms with Gasteiger partial charge in [0.15, 0.2) is 0 Å². The molecule has 0 radical (unpaired) electrons. The first-order valence-corrected chi connectivity index (χ1v) is 8.88. The molecule has 0 aromatic heterocycles. The maximum atomic E-state index is 13.3. The van der Waals surface area contributed by atoms with E-state index >= 15 is 0 Å². The zero-order valence-corrected chi connectivity index (χ0v) is 15.3. The van der Waals surface area contributed by atoms with Gasteiger partial charge in [-0.05, 0) is 37.2 Å². The van der Waals surface area contributed by atoms with Crippen LogP contribution in [0.15, 0.2) is 48.5 Å². The van der Waals surface area contributed by atoms with Gasteiger partial charge in [0.2, 0.25) is 0 Å². The zero-order chi connectivity index (χ0) is 17.5. The van der Waals surface area contributed by atoms with Gasteiger partial charge in [0.25, 0.3) is 0 Å². The van der Waals surface area contributed by atoms with Crippen molar-refractivity contribution in [1.29, 1.82) is 0 Å². The number of aryl methyl sites for hydroxylation is 1. The van der Waals surface area contributed by atoms with Gasteiger partial charge in [0.1, 0.15) is 5.82 Å². The summed E-state index contributed by atoms with van der Waals surface area (Å²) in [7, 11) is 2.16. The van der Waals surface area contributed by atoms with E-state index in [1.807, 2.05) is 26.0 Å². The van der Waals surface area contributed by atoms with Crippen LogP contribution in [-0.4, -0.2) is 43.0 Å². The maximum Gasteiger partial charge on any atom is 0.123 e. The minimum Gasteiger partial charge on any atom is -0.304 e. The Morgan fingerprint density at radius 2 is 1.25 bits per heavy atom. The Morgan fingerprint density at radius 3 is 1.75 bits per heavy atom. The van der Waals surface area contributed by atoms with E-state index in [2.05, 4.69) is 48.0 Å². The predicted molar refractivity (Wildman–Crippen MR) is 99.8 cm³/mol. The smallest absolute Gasteiger partial charge is 0.123 e. The lowest BCUT2D eigenvalue weighted by molar-refractivity contribution is 0.127. The summed E-state index contributed by atoms with van der Waals surface area (Å²) in [4.78, 5) is 4.85. The van der Waals surface area contributed by atoms with Crippen LogP contribution in [0.4, 0.5) is 4.39 Å². The lowest BCUT2D eigenvalue weighted by Crippen LogP contribution is -2.46. The summed E-state index contributed by atoms with van der Waals surface area (Å²) >= 11 is 0. The van der Waals surface area contributed by atoms with Gasteiger partial charge in [-0.25, -0.2) is 4.39 Å². The van der Waals surface area contributed by atoms with Crippen molar-refractivity contribution in [1.82, 2.24) is 9.80 Å². The maximum absolute atomic E-state index is 13.3. The molecule has 1 atom stereocenters. The summed E-state index contributed by atoms with van der Waals surface area (Å²) in [5.74, 6) is -0.176. The molecular formula is C21H29FN2. The van der Waals surface area contributed by atoms with Crippen molar-refractivity contribution in [3.8, 4) is 0 Å². The van der Waals surface area contributed by atoms with Gasteiger partial charge in [-0.1, -0.05) is 55.8 Å². The number of piperazine rings is 1. The van der Waals surface area contributed by atoms with Crippen LogP contribution in [-0.2, 0) is 0 Å². The minimum absolute atomic E-state index is 0.176. The Bertz CT molecular complexity index is 553. The highest BCUT2D eigenvalue weighted by atomic mass is 19.1. The van der Waals surface area contributed by atoms with E-state index in [1.54, 1.807) is 12.1 Å². The number of rotatable bonds is 3. The fourth-order valence-corrected chi connectivity index (χ4v) is 3.09. The minimum atomic E-state index is -0.176. The second-order valence-electron chi connectivity index (χ2n) is 6.20. The highest BCUT2D eigenvalue weighted by Crippen LogP contribution is 2.29. The molecule has 1 aliphatic rings. The Balaban J connectivity index is 0.00000100. The predicted octanol–water partition coefficient (Wildman–Crippen LogP) is 4.50. The highest BCUT2D eigenvalue weighted by Gasteiger charge is 2.25. The van der Waals surface area contributed by atoms with Crippen LogP contribution in [0, 0.1) is 12.7 Å². The number of likely N-dealkylation sites (N-methyl/N-ethyl adjacent to an activating group) is 1. The van der Waals surface area contributed by atoms with Gasteiger partial charge in [0.05, 0.1) is 6.04 Å². The van der Waals surface area contributed by atoms with E-state index in [-0.39, 0.29) is 11.9 Å². The third kappa shape index (κ3) is 4.65. The molecular weight excluding hydrogens is 299 g/mol. The van der Waals surface area contributed by atoms with Gasteiger partial charge in [-0.15, -0.1) is 0 Å². The number of benzene rings is 2. The van der Waals surface area contributed by atoms with Crippen LogP contribution >= 0.6 is 0 Å². The first kappa shape index (κ1) is 18.6. The molecule has 130 valence electrons. The lowest BCUT2D eigenvalue weighted by atomic mass is 9.95. The molecule has 0 amide bonds. The van der Waals surface area contributed by atoms with Crippen molar-refractivity contribution < 1.29 is 4.39 Å². The van der Waals surface area contributed by atoms with Gasteiger partial charge >= 0.3 is 0 Å². The Morgan fingerprint density at radius 1 is 0.792 bits per heavy atom. The quantitative estimate of drug-likeness (QED) is 0.819. The summed E-state index contributed by atoms with van der Waals surface area (Å²) in [6.45, 7) is 10.3. The average Bonchev–Trinajstić information content (AvgIpc) is 2.62. The molecule has 3 heteroatoms. The van der Waals surface area contributed by atoms with Crippen LogP contribution in [0.1, 0.15) is 36.6 Å². The molecule has 1 unspecified atom stereocenters. The van der Waals surface area contributed by atoms with Crippen LogP contribution < -0.4 is 0 Å². The first-order valence-electron chi connectivity index (χ1n) is 8.88. The summed E-state index contributed by atoms with van der Waals surface area (Å²) in [5.41, 5.74) is 3.71. The molecule has 1 aliphatic heterocycles. The summed E-state index contributed by atoms with van der Waals surface area (Å²) in [6.07, 6.45) is 0. The van der Waals surface area contributed by atoms with Gasteiger partial charge in [-0.3, -0.25) is 4.90 Å². The molecule has 0 saturated carbocycles. The number of halogens is 1. The van der Waals surface area contributed by atoms with Gasteiger partial charge in [-0.2, -0.15) is 0 Å². The molecule has 1 fully saturated rings. The number of hydrogen-bond acceptors (Lipinski definition) is 2. The molecule has 0 spiro atoms. The Kier molecular flexibility index (Phi) is 6.95. The molecule has 2 nitrogen and oxygen atoms in total. The number of hydrogen-bond donors (Lipinski definition) is 0. The number of nitrogens with zero attached hydrogens (tertiary/aromatic N) is 2. The van der Waals surface area contributed by atoms with Crippen LogP contribution in [0.3, 0.4) is 0 Å². The van der Waals surface area contributed by atoms with Crippen molar-refractivity contribution in [3.63, 3.8) is 0 Å². The van der Waals surface area contributed by atoms with E-state index < -0.39 is 0 Å². The molecule has 0 bridgehead atoms. The third-order valence-corrected chi connectivity index (χ3v) is 4.48. The van der Waals surface area contributed by atoms with E-state index in [0.717, 1.165) is 31.7 Å². The monoisotopic (exact) mass is 328 g/mol. The fraction of sp³-hybridized carbons (Fsp3) is 0.429. The third-order valence-electron chi connectivity index (χ3n) is 4.48. The largest absolute Gasteiger partial charge is 0.304 e. The van der Waals surface area contributed by atoms with Crippen molar-refractivity contribution in [2.45, 2.75) is 26.8 Å². The van der Waals surface area contributed by atoms with E-state index in [9.17, 15) is 4.39 Å². The molecule has 3 rings (SSSR count). The summed E-state index contributed by atoms with van der Waals surface area (Å²) in [5, 5.41) is 0. The summed E-state index contributed by atoms with van der Waals surface area (Å²) in [6, 6.07) is 15.9. The molecule has 0 N–H and O–H groups in total. The molecule has 1 heterocycles. The zero-order valence-electron chi connectivity index (χ0n) is 15.3. The molecule has 2 aromatic rings. The highest BCUT2D eigenvalue weighted by molar-refractivity contribution is 5.33. The van der Waals surface area contributed by atoms with E-state index in [1.165, 1.54) is 11.1 Å². The normalized spacial score (nSPS) is 17.0. The second-order valence-corrected chi connectivity index (χ2v) is 6.20. The van der Waals surface area contributed by atoms with Crippen LogP contribution in [0.2, 0.25) is 0 Å². The SMILES string of the molecule is CC.Cc1ccc(C(c2ccc(F)cc2)N2CCN(C)CC2)cc1. The van der Waals surface area contributed by atoms with E-state index in [4.69, 9.17) is 0 Å². The molecule has 2 aromatic carbocycles. The first-order chi connectivity index (χ1) is 11.6. The lowest BCUT2D eigenvalue weighted by Gasteiger charge is -2.38. The fourth-order valence-electron chi connectivity index (χ4n) is 3.09.